The summed E-state index contributed by atoms with van der Waals surface area (Å²) in [6, 6.07) is 6.02. The SMILES string of the molecule is CCOCCCNC(C#N)c1ccccc1C(F)(F)F. The minimum Gasteiger partial charge on any atom is -0.382 e. The molecule has 110 valence electrons. The average molecular weight is 286 g/mol. The lowest BCUT2D eigenvalue weighted by molar-refractivity contribution is -0.138. The molecule has 1 aromatic carbocycles. The van der Waals surface area contributed by atoms with E-state index in [1.165, 1.54) is 18.2 Å². The molecule has 0 saturated heterocycles. The maximum absolute atomic E-state index is 12.9. The number of nitrogens with zero attached hydrogens (tertiary/aromatic N) is 1. The van der Waals surface area contributed by atoms with Crippen molar-refractivity contribution in [2.75, 3.05) is 19.8 Å². The van der Waals surface area contributed by atoms with Gasteiger partial charge in [0.05, 0.1) is 11.6 Å². The summed E-state index contributed by atoms with van der Waals surface area (Å²) >= 11 is 0. The fraction of sp³-hybridized carbons (Fsp3) is 0.500. The highest BCUT2D eigenvalue weighted by molar-refractivity contribution is 5.35. The largest absolute Gasteiger partial charge is 0.416 e. The standard InChI is InChI=1S/C14H17F3N2O/c1-2-20-9-5-8-19-13(10-18)11-6-3-4-7-12(11)14(15,16)17/h3-4,6-7,13,19H,2,5,8-9H2,1H3. The van der Waals surface area contributed by atoms with E-state index in [1.807, 2.05) is 13.0 Å². The van der Waals surface area contributed by atoms with Crippen molar-refractivity contribution in [3.8, 4) is 6.07 Å². The summed E-state index contributed by atoms with van der Waals surface area (Å²) in [6.07, 6.45) is -3.82. The molecular formula is C14H17F3N2O. The molecule has 20 heavy (non-hydrogen) atoms. The molecule has 0 aliphatic rings. The maximum atomic E-state index is 12.9. The van der Waals surface area contributed by atoms with Crippen LogP contribution in [0, 0.1) is 11.3 Å². The van der Waals surface area contributed by atoms with Crippen LogP contribution in [-0.2, 0) is 10.9 Å². The Bertz CT molecular complexity index is 454. The monoisotopic (exact) mass is 286 g/mol. The topological polar surface area (TPSA) is 45.0 Å². The quantitative estimate of drug-likeness (QED) is 0.782. The molecule has 0 fully saturated rings. The Balaban J connectivity index is 2.73. The van der Waals surface area contributed by atoms with Gasteiger partial charge in [-0.2, -0.15) is 18.4 Å². The van der Waals surface area contributed by atoms with Gasteiger partial charge in [-0.15, -0.1) is 0 Å². The van der Waals surface area contributed by atoms with E-state index >= 15 is 0 Å². The second-order valence-electron chi connectivity index (χ2n) is 4.15. The van der Waals surface area contributed by atoms with Crippen molar-refractivity contribution in [3.63, 3.8) is 0 Å². The van der Waals surface area contributed by atoms with Gasteiger partial charge in [0.1, 0.15) is 6.04 Å². The molecule has 0 aliphatic carbocycles. The Kier molecular flexibility index (Phi) is 6.49. The molecule has 0 aromatic heterocycles. The summed E-state index contributed by atoms with van der Waals surface area (Å²) in [5.41, 5.74) is -0.817. The number of alkyl halides is 3. The molecule has 0 aliphatic heterocycles. The van der Waals surface area contributed by atoms with Crippen LogP contribution in [-0.4, -0.2) is 19.8 Å². The maximum Gasteiger partial charge on any atom is 0.416 e. The first-order chi connectivity index (χ1) is 9.50. The van der Waals surface area contributed by atoms with E-state index in [0.717, 1.165) is 6.07 Å². The molecule has 1 aromatic rings. The Hall–Kier alpha value is -1.58. The van der Waals surface area contributed by atoms with Crippen molar-refractivity contribution in [1.29, 1.82) is 5.26 Å². The van der Waals surface area contributed by atoms with E-state index in [1.54, 1.807) is 0 Å². The first kappa shape index (κ1) is 16.5. The molecule has 6 heteroatoms. The Labute approximate surface area is 116 Å². The third-order valence-corrected chi connectivity index (χ3v) is 2.72. The molecule has 0 radical (unpaired) electrons. The first-order valence-corrected chi connectivity index (χ1v) is 6.37. The molecule has 1 N–H and O–H groups in total. The van der Waals surface area contributed by atoms with Gasteiger partial charge in [0.2, 0.25) is 0 Å². The fourth-order valence-corrected chi connectivity index (χ4v) is 1.80. The lowest BCUT2D eigenvalue weighted by atomic mass is 10.0. The zero-order valence-electron chi connectivity index (χ0n) is 11.2. The lowest BCUT2D eigenvalue weighted by Crippen LogP contribution is -2.24. The Morgan fingerprint density at radius 3 is 2.65 bits per heavy atom. The number of nitrogens with one attached hydrogen (secondary N) is 1. The second kappa shape index (κ2) is 7.88. The predicted octanol–water partition coefficient (Wildman–Crippen LogP) is 3.29. The fourth-order valence-electron chi connectivity index (χ4n) is 1.80. The molecule has 3 nitrogen and oxygen atoms in total. The summed E-state index contributed by atoms with van der Waals surface area (Å²) in [5.74, 6) is 0. The molecule has 0 heterocycles. The zero-order valence-corrected chi connectivity index (χ0v) is 11.2. The molecule has 1 rings (SSSR count). The summed E-state index contributed by atoms with van der Waals surface area (Å²) in [7, 11) is 0. The van der Waals surface area contributed by atoms with Crippen molar-refractivity contribution >= 4 is 0 Å². The smallest absolute Gasteiger partial charge is 0.382 e. The van der Waals surface area contributed by atoms with Gasteiger partial charge in [-0.05, 0) is 31.5 Å². The van der Waals surface area contributed by atoms with Crippen LogP contribution in [0.3, 0.4) is 0 Å². The highest BCUT2D eigenvalue weighted by atomic mass is 19.4. The average Bonchev–Trinajstić information content (AvgIpc) is 2.42. The van der Waals surface area contributed by atoms with Gasteiger partial charge in [-0.1, -0.05) is 18.2 Å². The van der Waals surface area contributed by atoms with Crippen LogP contribution in [0.15, 0.2) is 24.3 Å². The van der Waals surface area contributed by atoms with Crippen LogP contribution in [0.5, 0.6) is 0 Å². The van der Waals surface area contributed by atoms with Crippen molar-refractivity contribution in [2.24, 2.45) is 0 Å². The van der Waals surface area contributed by atoms with Gasteiger partial charge < -0.3 is 4.74 Å². The molecule has 0 saturated carbocycles. The van der Waals surface area contributed by atoms with E-state index in [-0.39, 0.29) is 5.56 Å². The molecule has 1 unspecified atom stereocenters. The van der Waals surface area contributed by atoms with E-state index in [4.69, 9.17) is 10.00 Å². The summed E-state index contributed by atoms with van der Waals surface area (Å²) in [5, 5.41) is 11.9. The van der Waals surface area contributed by atoms with Crippen LogP contribution in [0.2, 0.25) is 0 Å². The van der Waals surface area contributed by atoms with E-state index in [0.29, 0.717) is 26.2 Å². The molecule has 1 atom stereocenters. The van der Waals surface area contributed by atoms with E-state index < -0.39 is 17.8 Å². The summed E-state index contributed by atoms with van der Waals surface area (Å²) < 4.78 is 43.8. The normalized spacial score (nSPS) is 12.9. The molecular weight excluding hydrogens is 269 g/mol. The molecule has 0 amide bonds. The number of ether oxygens (including phenoxy) is 1. The van der Waals surface area contributed by atoms with Crippen molar-refractivity contribution in [2.45, 2.75) is 25.6 Å². The Morgan fingerprint density at radius 2 is 2.05 bits per heavy atom. The van der Waals surface area contributed by atoms with Gasteiger partial charge in [-0.25, -0.2) is 0 Å². The third kappa shape index (κ3) is 4.83. The van der Waals surface area contributed by atoms with E-state index in [2.05, 4.69) is 5.32 Å². The highest BCUT2D eigenvalue weighted by Crippen LogP contribution is 2.34. The first-order valence-electron chi connectivity index (χ1n) is 6.37. The van der Waals surface area contributed by atoms with Crippen LogP contribution in [0.25, 0.3) is 0 Å². The molecule has 0 bridgehead atoms. The third-order valence-electron chi connectivity index (χ3n) is 2.72. The van der Waals surface area contributed by atoms with Gasteiger partial charge in [-0.3, -0.25) is 5.32 Å². The number of halogens is 3. The number of rotatable bonds is 7. The van der Waals surface area contributed by atoms with Crippen LogP contribution < -0.4 is 5.32 Å². The highest BCUT2D eigenvalue weighted by Gasteiger charge is 2.34. The number of nitriles is 1. The zero-order chi connectivity index (χ0) is 15.0. The summed E-state index contributed by atoms with van der Waals surface area (Å²) in [6.45, 7) is 3.40. The second-order valence-corrected chi connectivity index (χ2v) is 4.15. The number of hydrogen-bond acceptors (Lipinski definition) is 3. The molecule has 0 spiro atoms. The Morgan fingerprint density at radius 1 is 1.35 bits per heavy atom. The van der Waals surface area contributed by atoms with Crippen molar-refractivity contribution in [3.05, 3.63) is 35.4 Å². The van der Waals surface area contributed by atoms with Gasteiger partial charge in [0.25, 0.3) is 0 Å². The predicted molar refractivity (Wildman–Crippen MR) is 68.9 cm³/mol. The number of benzene rings is 1. The minimum atomic E-state index is -4.46. The van der Waals surface area contributed by atoms with Crippen molar-refractivity contribution in [1.82, 2.24) is 5.32 Å². The van der Waals surface area contributed by atoms with E-state index in [9.17, 15) is 13.2 Å². The van der Waals surface area contributed by atoms with Gasteiger partial charge in [0.15, 0.2) is 0 Å². The summed E-state index contributed by atoms with van der Waals surface area (Å²) in [4.78, 5) is 0. The minimum absolute atomic E-state index is 0.0427. The number of hydrogen-bond donors (Lipinski definition) is 1. The van der Waals surface area contributed by atoms with Crippen LogP contribution in [0.1, 0.15) is 30.5 Å². The van der Waals surface area contributed by atoms with Crippen LogP contribution in [0.4, 0.5) is 13.2 Å². The van der Waals surface area contributed by atoms with Crippen LogP contribution >= 0.6 is 0 Å². The van der Waals surface area contributed by atoms with Gasteiger partial charge >= 0.3 is 6.18 Å². The van der Waals surface area contributed by atoms with Crippen molar-refractivity contribution < 1.29 is 17.9 Å². The lowest BCUT2D eigenvalue weighted by Gasteiger charge is -2.17. The van der Waals surface area contributed by atoms with Gasteiger partial charge in [0, 0.05) is 13.2 Å².